The van der Waals surface area contributed by atoms with Crippen LogP contribution in [0.25, 0.3) is 0 Å². The summed E-state index contributed by atoms with van der Waals surface area (Å²) in [6.07, 6.45) is 0. The molecule has 0 spiro atoms. The van der Waals surface area contributed by atoms with Crippen molar-refractivity contribution in [2.45, 2.75) is 30.6 Å². The molecule has 0 heterocycles. The van der Waals surface area contributed by atoms with E-state index in [-0.39, 0.29) is 9.79 Å². The molecule has 1 amide bonds. The van der Waals surface area contributed by atoms with E-state index in [0.29, 0.717) is 36.8 Å². The number of hydrogen-bond acceptors (Lipinski definition) is 6. The maximum absolute atomic E-state index is 13.5. The maximum atomic E-state index is 13.5. The zero-order chi connectivity index (χ0) is 27.1. The Morgan fingerprint density at radius 2 is 1.32 bits per heavy atom. The third-order valence-electron chi connectivity index (χ3n) is 5.54. The molecule has 0 radical (unpaired) electrons. The Morgan fingerprint density at radius 3 is 1.86 bits per heavy atom. The molecule has 0 unspecified atom stereocenters. The van der Waals surface area contributed by atoms with Crippen LogP contribution < -0.4 is 14.4 Å². The third-order valence-corrected chi connectivity index (χ3v) is 9.39. The lowest BCUT2D eigenvalue weighted by molar-refractivity contribution is -0.114. The molecular formula is C26H31N3O6S2. The van der Waals surface area contributed by atoms with E-state index >= 15 is 0 Å². The lowest BCUT2D eigenvalue weighted by Gasteiger charge is -2.24. The number of ether oxygens (including phenoxy) is 1. The van der Waals surface area contributed by atoms with Gasteiger partial charge in [0.25, 0.3) is 10.0 Å². The molecule has 37 heavy (non-hydrogen) atoms. The first kappa shape index (κ1) is 28.2. The number of amides is 1. The van der Waals surface area contributed by atoms with E-state index in [0.717, 1.165) is 4.31 Å². The molecule has 0 bridgehead atoms. The molecule has 0 fully saturated rings. The standard InChI is InChI=1S/C26H31N3O6S2/c1-4-28(5-2)36(31,32)25-18-12-21(13-19-25)27-26(30)20-29(22-14-16-23(17-15-22)35-6-3)37(33,34)24-10-8-7-9-11-24/h7-19H,4-6,20H2,1-3H3,(H,27,30). The number of sulfonamides is 2. The van der Waals surface area contributed by atoms with Crippen LogP contribution >= 0.6 is 0 Å². The lowest BCUT2D eigenvalue weighted by atomic mass is 10.3. The van der Waals surface area contributed by atoms with E-state index in [1.807, 2.05) is 6.92 Å². The molecule has 0 aliphatic carbocycles. The van der Waals surface area contributed by atoms with Crippen molar-refractivity contribution in [2.75, 3.05) is 35.9 Å². The first-order valence-corrected chi connectivity index (χ1v) is 14.7. The smallest absolute Gasteiger partial charge is 0.264 e. The molecule has 3 aromatic rings. The van der Waals surface area contributed by atoms with Gasteiger partial charge in [0.15, 0.2) is 0 Å². The normalized spacial score (nSPS) is 11.8. The van der Waals surface area contributed by atoms with Crippen molar-refractivity contribution in [1.82, 2.24) is 4.31 Å². The van der Waals surface area contributed by atoms with Gasteiger partial charge in [-0.15, -0.1) is 0 Å². The Hall–Kier alpha value is -3.41. The van der Waals surface area contributed by atoms with Crippen LogP contribution in [0.4, 0.5) is 11.4 Å². The van der Waals surface area contributed by atoms with Crippen LogP contribution in [0.2, 0.25) is 0 Å². The second-order valence-electron chi connectivity index (χ2n) is 7.91. The van der Waals surface area contributed by atoms with Crippen LogP contribution in [0.5, 0.6) is 5.75 Å². The van der Waals surface area contributed by atoms with E-state index in [9.17, 15) is 21.6 Å². The molecule has 0 aromatic heterocycles. The first-order valence-electron chi connectivity index (χ1n) is 11.8. The van der Waals surface area contributed by atoms with Gasteiger partial charge in [-0.05, 0) is 67.6 Å². The SMILES string of the molecule is CCOc1ccc(N(CC(=O)Nc2ccc(S(=O)(=O)N(CC)CC)cc2)S(=O)(=O)c2ccccc2)cc1. The summed E-state index contributed by atoms with van der Waals surface area (Å²) in [5, 5.41) is 2.66. The summed E-state index contributed by atoms with van der Waals surface area (Å²) in [4.78, 5) is 13.1. The number of hydrogen-bond donors (Lipinski definition) is 1. The van der Waals surface area contributed by atoms with Gasteiger partial charge in [-0.2, -0.15) is 4.31 Å². The van der Waals surface area contributed by atoms with Crippen molar-refractivity contribution < 1.29 is 26.4 Å². The van der Waals surface area contributed by atoms with Gasteiger partial charge < -0.3 is 10.1 Å². The van der Waals surface area contributed by atoms with Crippen LogP contribution in [0.1, 0.15) is 20.8 Å². The number of benzene rings is 3. The summed E-state index contributed by atoms with van der Waals surface area (Å²) in [7, 11) is -7.70. The van der Waals surface area contributed by atoms with Crippen LogP contribution in [-0.2, 0) is 24.8 Å². The summed E-state index contributed by atoms with van der Waals surface area (Å²) >= 11 is 0. The van der Waals surface area contributed by atoms with Gasteiger partial charge in [0.2, 0.25) is 15.9 Å². The Labute approximate surface area is 218 Å². The minimum absolute atomic E-state index is 0.0441. The van der Waals surface area contributed by atoms with E-state index in [4.69, 9.17) is 4.74 Å². The highest BCUT2D eigenvalue weighted by Gasteiger charge is 2.27. The van der Waals surface area contributed by atoms with Gasteiger partial charge >= 0.3 is 0 Å². The minimum atomic E-state index is -4.06. The van der Waals surface area contributed by atoms with Crippen LogP contribution in [0.15, 0.2) is 88.7 Å². The van der Waals surface area contributed by atoms with Crippen molar-refractivity contribution in [3.8, 4) is 5.75 Å². The monoisotopic (exact) mass is 545 g/mol. The number of nitrogens with one attached hydrogen (secondary N) is 1. The number of rotatable bonds is 12. The molecule has 0 saturated carbocycles. The van der Waals surface area contributed by atoms with Crippen molar-refractivity contribution in [3.05, 3.63) is 78.9 Å². The van der Waals surface area contributed by atoms with E-state index in [1.165, 1.54) is 40.7 Å². The Morgan fingerprint density at radius 1 is 0.757 bits per heavy atom. The molecule has 0 saturated heterocycles. The lowest BCUT2D eigenvalue weighted by Crippen LogP contribution is -2.38. The van der Waals surface area contributed by atoms with E-state index in [1.54, 1.807) is 56.3 Å². The Balaban J connectivity index is 1.85. The predicted octanol–water partition coefficient (Wildman–Crippen LogP) is 3.95. The molecule has 198 valence electrons. The highest BCUT2D eigenvalue weighted by Crippen LogP contribution is 2.26. The van der Waals surface area contributed by atoms with E-state index < -0.39 is 32.5 Å². The highest BCUT2D eigenvalue weighted by molar-refractivity contribution is 7.92. The van der Waals surface area contributed by atoms with Gasteiger partial charge in [0.05, 0.1) is 22.1 Å². The maximum Gasteiger partial charge on any atom is 0.264 e. The average Bonchev–Trinajstić information content (AvgIpc) is 2.89. The quantitative estimate of drug-likeness (QED) is 0.369. The molecule has 0 aliphatic rings. The molecule has 11 heteroatoms. The summed E-state index contributed by atoms with van der Waals surface area (Å²) < 4.78 is 60.1. The van der Waals surface area contributed by atoms with Gasteiger partial charge in [0, 0.05) is 18.8 Å². The van der Waals surface area contributed by atoms with Crippen LogP contribution in [0, 0.1) is 0 Å². The zero-order valence-electron chi connectivity index (χ0n) is 21.0. The van der Waals surface area contributed by atoms with Crippen LogP contribution in [0.3, 0.4) is 0 Å². The van der Waals surface area contributed by atoms with Crippen molar-refractivity contribution >= 4 is 37.3 Å². The molecule has 9 nitrogen and oxygen atoms in total. The Kier molecular flexibility index (Phi) is 9.30. The minimum Gasteiger partial charge on any atom is -0.494 e. The summed E-state index contributed by atoms with van der Waals surface area (Å²) in [5.74, 6) is -0.0137. The molecule has 3 aromatic carbocycles. The number of carbonyl (C=O) groups is 1. The third kappa shape index (κ3) is 6.68. The number of carbonyl (C=O) groups excluding carboxylic acids is 1. The van der Waals surface area contributed by atoms with Crippen molar-refractivity contribution in [3.63, 3.8) is 0 Å². The highest BCUT2D eigenvalue weighted by atomic mass is 32.2. The van der Waals surface area contributed by atoms with Gasteiger partial charge in [-0.25, -0.2) is 16.8 Å². The molecule has 1 N–H and O–H groups in total. The van der Waals surface area contributed by atoms with Gasteiger partial charge in [-0.3, -0.25) is 9.10 Å². The molecular weight excluding hydrogens is 514 g/mol. The fourth-order valence-corrected chi connectivity index (χ4v) is 6.56. The summed E-state index contributed by atoms with van der Waals surface area (Å²) in [6, 6.07) is 20.0. The van der Waals surface area contributed by atoms with E-state index in [2.05, 4.69) is 5.32 Å². The topological polar surface area (TPSA) is 113 Å². The second kappa shape index (κ2) is 12.2. The Bertz CT molecular complexity index is 1390. The summed E-state index contributed by atoms with van der Waals surface area (Å²) in [5.41, 5.74) is 0.635. The zero-order valence-corrected chi connectivity index (χ0v) is 22.6. The van der Waals surface area contributed by atoms with Crippen LogP contribution in [-0.4, -0.2) is 53.3 Å². The number of nitrogens with zero attached hydrogens (tertiary/aromatic N) is 2. The fraction of sp³-hybridized carbons (Fsp3) is 0.269. The number of anilines is 2. The molecule has 0 aliphatic heterocycles. The molecule has 0 atom stereocenters. The molecule has 3 rings (SSSR count). The predicted molar refractivity (Wildman–Crippen MR) is 144 cm³/mol. The van der Waals surface area contributed by atoms with Crippen molar-refractivity contribution in [1.29, 1.82) is 0 Å². The fourth-order valence-electron chi connectivity index (χ4n) is 3.66. The average molecular weight is 546 g/mol. The second-order valence-corrected chi connectivity index (χ2v) is 11.7. The summed E-state index contributed by atoms with van der Waals surface area (Å²) in [6.45, 7) is 6.01. The van der Waals surface area contributed by atoms with Gasteiger partial charge in [-0.1, -0.05) is 32.0 Å². The largest absolute Gasteiger partial charge is 0.494 e. The van der Waals surface area contributed by atoms with Gasteiger partial charge in [0.1, 0.15) is 12.3 Å². The van der Waals surface area contributed by atoms with Crippen molar-refractivity contribution in [2.24, 2.45) is 0 Å². The first-order chi connectivity index (χ1) is 17.6.